The van der Waals surface area contributed by atoms with Crippen LogP contribution in [-0.4, -0.2) is 32.4 Å². The number of aliphatic hydroxyl groups excluding tert-OH is 1. The molecule has 1 atom stereocenters. The van der Waals surface area contributed by atoms with Gasteiger partial charge in [0.05, 0.1) is 6.61 Å². The first kappa shape index (κ1) is 13.2. The third-order valence-corrected chi connectivity index (χ3v) is 2.61. The minimum absolute atomic E-state index is 0.0469. The van der Waals surface area contributed by atoms with E-state index in [1.165, 1.54) is 4.68 Å². The zero-order chi connectivity index (χ0) is 13.8. The smallest absolute Gasteiger partial charge is 0.378 e. The van der Waals surface area contributed by atoms with Gasteiger partial charge in [-0.15, -0.1) is 5.10 Å². The summed E-state index contributed by atoms with van der Waals surface area (Å²) < 4.78 is 6.20. The number of benzene rings is 1. The van der Waals surface area contributed by atoms with Crippen molar-refractivity contribution in [3.63, 3.8) is 0 Å². The summed E-state index contributed by atoms with van der Waals surface area (Å²) in [4.78, 5) is 15.6. The Kier molecular flexibility index (Phi) is 3.91. The molecule has 1 unspecified atom stereocenters. The number of carbonyl (C=O) groups is 1. The molecule has 0 aliphatic rings. The predicted octanol–water partition coefficient (Wildman–Crippen LogP) is 1.07. The molecule has 1 heterocycles. The second-order valence-corrected chi connectivity index (χ2v) is 3.95. The first-order valence-corrected chi connectivity index (χ1v) is 5.94. The molecule has 0 saturated carbocycles. The number of aromatic nitrogens is 3. The van der Waals surface area contributed by atoms with Crippen molar-refractivity contribution in [2.75, 3.05) is 6.61 Å². The second-order valence-electron chi connectivity index (χ2n) is 3.95. The molecule has 0 aliphatic heterocycles. The van der Waals surface area contributed by atoms with E-state index in [1.807, 2.05) is 18.2 Å². The third-order valence-electron chi connectivity index (χ3n) is 2.61. The molecule has 19 heavy (non-hydrogen) atoms. The van der Waals surface area contributed by atoms with Gasteiger partial charge in [-0.05, 0) is 12.5 Å². The van der Waals surface area contributed by atoms with Crippen molar-refractivity contribution >= 4 is 5.97 Å². The Morgan fingerprint density at radius 1 is 1.42 bits per heavy atom. The van der Waals surface area contributed by atoms with Crippen LogP contribution >= 0.6 is 0 Å². The SMILES string of the molecule is CCOC(=O)c1nc(C(O)c2ccccc2)n(C)n1. The standard InChI is InChI=1S/C13H15N3O3/c1-3-19-13(18)11-14-12(16(2)15-11)10(17)9-7-5-4-6-8-9/h4-8,10,17H,3H2,1-2H3. The van der Waals surface area contributed by atoms with Crippen LogP contribution in [0.3, 0.4) is 0 Å². The Morgan fingerprint density at radius 3 is 2.74 bits per heavy atom. The van der Waals surface area contributed by atoms with E-state index in [9.17, 15) is 9.90 Å². The summed E-state index contributed by atoms with van der Waals surface area (Å²) in [6.45, 7) is 1.97. The summed E-state index contributed by atoms with van der Waals surface area (Å²) in [7, 11) is 1.62. The van der Waals surface area contributed by atoms with Crippen molar-refractivity contribution in [3.8, 4) is 0 Å². The first-order chi connectivity index (χ1) is 9.13. The number of aliphatic hydroxyl groups is 1. The number of nitrogens with zero attached hydrogens (tertiary/aromatic N) is 3. The fourth-order valence-electron chi connectivity index (χ4n) is 1.70. The van der Waals surface area contributed by atoms with E-state index in [0.717, 1.165) is 0 Å². The Labute approximate surface area is 110 Å². The molecular formula is C13H15N3O3. The number of rotatable bonds is 4. The first-order valence-electron chi connectivity index (χ1n) is 5.94. The molecule has 6 heteroatoms. The van der Waals surface area contributed by atoms with Crippen LogP contribution in [0.4, 0.5) is 0 Å². The van der Waals surface area contributed by atoms with Gasteiger partial charge >= 0.3 is 5.97 Å². The monoisotopic (exact) mass is 261 g/mol. The van der Waals surface area contributed by atoms with E-state index < -0.39 is 12.1 Å². The maximum atomic E-state index is 11.5. The fraction of sp³-hybridized carbons (Fsp3) is 0.308. The van der Waals surface area contributed by atoms with Crippen molar-refractivity contribution in [2.45, 2.75) is 13.0 Å². The zero-order valence-electron chi connectivity index (χ0n) is 10.8. The maximum Gasteiger partial charge on any atom is 0.378 e. The molecule has 2 aromatic rings. The Balaban J connectivity index is 2.28. The van der Waals surface area contributed by atoms with Gasteiger partial charge < -0.3 is 9.84 Å². The summed E-state index contributed by atoms with van der Waals surface area (Å²) >= 11 is 0. The number of aryl methyl sites for hydroxylation is 1. The van der Waals surface area contributed by atoms with Crippen LogP contribution in [-0.2, 0) is 11.8 Å². The van der Waals surface area contributed by atoms with Gasteiger partial charge in [-0.25, -0.2) is 14.5 Å². The van der Waals surface area contributed by atoms with E-state index in [4.69, 9.17) is 4.74 Å². The minimum Gasteiger partial charge on any atom is -0.460 e. The molecule has 1 N–H and O–H groups in total. The van der Waals surface area contributed by atoms with E-state index in [1.54, 1.807) is 26.1 Å². The summed E-state index contributed by atoms with van der Waals surface area (Å²) in [6.07, 6.45) is -0.929. The fourth-order valence-corrected chi connectivity index (χ4v) is 1.70. The van der Waals surface area contributed by atoms with E-state index in [2.05, 4.69) is 10.1 Å². The lowest BCUT2D eigenvalue weighted by Crippen LogP contribution is -2.07. The maximum absolute atomic E-state index is 11.5. The lowest BCUT2D eigenvalue weighted by atomic mass is 10.1. The molecule has 0 amide bonds. The van der Waals surface area contributed by atoms with Crippen LogP contribution in [0.5, 0.6) is 0 Å². The van der Waals surface area contributed by atoms with Gasteiger partial charge in [0.15, 0.2) is 5.82 Å². The van der Waals surface area contributed by atoms with Crippen molar-refractivity contribution in [1.82, 2.24) is 14.8 Å². The Morgan fingerprint density at radius 2 is 2.11 bits per heavy atom. The number of ether oxygens (including phenoxy) is 1. The van der Waals surface area contributed by atoms with Gasteiger partial charge in [-0.2, -0.15) is 0 Å². The van der Waals surface area contributed by atoms with Gasteiger partial charge in [0.25, 0.3) is 5.82 Å². The van der Waals surface area contributed by atoms with E-state index in [0.29, 0.717) is 11.4 Å². The zero-order valence-corrected chi connectivity index (χ0v) is 10.8. The number of esters is 1. The van der Waals surface area contributed by atoms with Crippen LogP contribution in [0, 0.1) is 0 Å². The van der Waals surface area contributed by atoms with Gasteiger partial charge in [-0.1, -0.05) is 30.3 Å². The molecule has 0 fully saturated rings. The van der Waals surface area contributed by atoms with Gasteiger partial charge in [0, 0.05) is 7.05 Å². The number of hydrogen-bond donors (Lipinski definition) is 1. The largest absolute Gasteiger partial charge is 0.460 e. The summed E-state index contributed by atoms with van der Waals surface area (Å²) in [5, 5.41) is 14.2. The summed E-state index contributed by atoms with van der Waals surface area (Å²) in [5.74, 6) is -0.340. The molecule has 1 aromatic carbocycles. The van der Waals surface area contributed by atoms with Crippen LogP contribution in [0.25, 0.3) is 0 Å². The van der Waals surface area contributed by atoms with E-state index >= 15 is 0 Å². The highest BCUT2D eigenvalue weighted by Gasteiger charge is 2.21. The molecule has 1 aromatic heterocycles. The van der Waals surface area contributed by atoms with Gasteiger partial charge in [0.1, 0.15) is 6.10 Å². The number of carbonyl (C=O) groups excluding carboxylic acids is 1. The minimum atomic E-state index is -0.929. The van der Waals surface area contributed by atoms with Crippen LogP contribution < -0.4 is 0 Å². The van der Waals surface area contributed by atoms with Crippen LogP contribution in [0.2, 0.25) is 0 Å². The average molecular weight is 261 g/mol. The molecule has 0 radical (unpaired) electrons. The normalized spacial score (nSPS) is 12.2. The highest BCUT2D eigenvalue weighted by molar-refractivity contribution is 5.85. The lowest BCUT2D eigenvalue weighted by molar-refractivity contribution is 0.0511. The second kappa shape index (κ2) is 5.62. The third kappa shape index (κ3) is 2.79. The molecule has 2 rings (SSSR count). The van der Waals surface area contributed by atoms with Crippen molar-refractivity contribution in [3.05, 3.63) is 47.5 Å². The van der Waals surface area contributed by atoms with Crippen LogP contribution in [0.15, 0.2) is 30.3 Å². The van der Waals surface area contributed by atoms with E-state index in [-0.39, 0.29) is 12.4 Å². The van der Waals surface area contributed by atoms with Gasteiger partial charge in [0.2, 0.25) is 0 Å². The molecule has 100 valence electrons. The Bertz CT molecular complexity index is 566. The van der Waals surface area contributed by atoms with Crippen molar-refractivity contribution in [1.29, 1.82) is 0 Å². The van der Waals surface area contributed by atoms with Crippen molar-refractivity contribution < 1.29 is 14.6 Å². The number of hydrogen-bond acceptors (Lipinski definition) is 5. The van der Waals surface area contributed by atoms with Crippen molar-refractivity contribution in [2.24, 2.45) is 7.05 Å². The van der Waals surface area contributed by atoms with Crippen LogP contribution in [0.1, 0.15) is 35.0 Å². The Hall–Kier alpha value is -2.21. The molecule has 0 aliphatic carbocycles. The quantitative estimate of drug-likeness (QED) is 0.833. The highest BCUT2D eigenvalue weighted by atomic mass is 16.5. The molecule has 6 nitrogen and oxygen atoms in total. The topological polar surface area (TPSA) is 77.2 Å². The summed E-state index contributed by atoms with van der Waals surface area (Å²) in [5.41, 5.74) is 0.688. The molecule has 0 spiro atoms. The summed E-state index contributed by atoms with van der Waals surface area (Å²) in [6, 6.07) is 9.06. The molecule has 0 saturated heterocycles. The van der Waals surface area contributed by atoms with Gasteiger partial charge in [-0.3, -0.25) is 0 Å². The highest BCUT2D eigenvalue weighted by Crippen LogP contribution is 2.19. The predicted molar refractivity (Wildman–Crippen MR) is 67.5 cm³/mol. The lowest BCUT2D eigenvalue weighted by Gasteiger charge is -2.09. The average Bonchev–Trinajstić information content (AvgIpc) is 2.81. The molecular weight excluding hydrogens is 246 g/mol. The molecule has 0 bridgehead atoms.